The highest BCUT2D eigenvalue weighted by Gasteiger charge is 2.35. The van der Waals surface area contributed by atoms with Crippen LogP contribution in [0.25, 0.3) is 11.1 Å². The van der Waals surface area contributed by atoms with Crippen LogP contribution < -0.4 is 10.1 Å². The summed E-state index contributed by atoms with van der Waals surface area (Å²) in [6.07, 6.45) is 3.90. The molecule has 0 bridgehead atoms. The van der Waals surface area contributed by atoms with E-state index in [-0.39, 0.29) is 11.7 Å². The van der Waals surface area contributed by atoms with Crippen molar-refractivity contribution in [3.63, 3.8) is 0 Å². The average molecular weight is 444 g/mol. The maximum absolute atomic E-state index is 12.9. The predicted octanol–water partition coefficient (Wildman–Crippen LogP) is 4.59. The van der Waals surface area contributed by atoms with Crippen molar-refractivity contribution in [2.24, 2.45) is 11.8 Å². The van der Waals surface area contributed by atoms with Gasteiger partial charge in [-0.15, -0.1) is 11.3 Å². The van der Waals surface area contributed by atoms with E-state index in [9.17, 15) is 19.5 Å². The number of esters is 1. The Hall–Kier alpha value is -3.13. The second-order valence-electron chi connectivity index (χ2n) is 7.52. The first-order chi connectivity index (χ1) is 14.8. The van der Waals surface area contributed by atoms with E-state index < -0.39 is 29.7 Å². The summed E-state index contributed by atoms with van der Waals surface area (Å²) in [5.74, 6) is -2.79. The van der Waals surface area contributed by atoms with Gasteiger partial charge in [-0.05, 0) is 44.4 Å². The molecule has 1 aliphatic carbocycles. The maximum atomic E-state index is 12.9. The molecule has 0 radical (unpaired) electrons. The molecule has 164 valence electrons. The minimum atomic E-state index is -1.01. The van der Waals surface area contributed by atoms with Crippen molar-refractivity contribution in [1.82, 2.24) is 0 Å². The summed E-state index contributed by atoms with van der Waals surface area (Å²) in [6, 6.07) is 7.22. The fourth-order valence-corrected chi connectivity index (χ4v) is 4.45. The van der Waals surface area contributed by atoms with E-state index >= 15 is 0 Å². The second kappa shape index (κ2) is 9.78. The first kappa shape index (κ1) is 22.6. The largest absolute Gasteiger partial charge is 0.497 e. The van der Waals surface area contributed by atoms with Crippen LogP contribution in [-0.4, -0.2) is 36.2 Å². The van der Waals surface area contributed by atoms with E-state index in [1.807, 2.05) is 18.2 Å². The molecule has 0 saturated heterocycles. The lowest BCUT2D eigenvalue weighted by Crippen LogP contribution is -2.34. The molecule has 0 saturated carbocycles. The molecule has 2 aromatic rings. The summed E-state index contributed by atoms with van der Waals surface area (Å²) in [6.45, 7) is 3.50. The van der Waals surface area contributed by atoms with Gasteiger partial charge in [0.05, 0.1) is 25.0 Å². The van der Waals surface area contributed by atoms with Crippen LogP contribution in [-0.2, 0) is 14.3 Å². The highest BCUT2D eigenvalue weighted by atomic mass is 32.1. The zero-order chi connectivity index (χ0) is 22.5. The van der Waals surface area contributed by atoms with E-state index in [1.54, 1.807) is 44.5 Å². The number of amides is 1. The lowest BCUT2D eigenvalue weighted by atomic mass is 9.82. The SMILES string of the molecule is COc1ccc(-c2csc(NC(=O)[C@@H]3CC=CC[C@@H]3C(=O)O)c2C(=O)OC(C)C)cc1. The Labute approximate surface area is 184 Å². The number of anilines is 1. The van der Waals surface area contributed by atoms with E-state index in [0.29, 0.717) is 29.2 Å². The van der Waals surface area contributed by atoms with Gasteiger partial charge in [0.1, 0.15) is 16.3 Å². The number of hydrogen-bond donors (Lipinski definition) is 2. The first-order valence-electron chi connectivity index (χ1n) is 9.97. The molecule has 8 heteroatoms. The Morgan fingerprint density at radius 3 is 2.32 bits per heavy atom. The molecule has 1 amide bonds. The van der Waals surface area contributed by atoms with E-state index in [0.717, 1.165) is 5.56 Å². The molecule has 2 atom stereocenters. The van der Waals surface area contributed by atoms with Crippen LogP contribution in [0.2, 0.25) is 0 Å². The summed E-state index contributed by atoms with van der Waals surface area (Å²) in [7, 11) is 1.57. The lowest BCUT2D eigenvalue weighted by Gasteiger charge is -2.24. The molecule has 3 rings (SSSR count). The molecule has 0 spiro atoms. The van der Waals surface area contributed by atoms with Gasteiger partial charge in [-0.1, -0.05) is 24.3 Å². The normalized spacial score (nSPS) is 17.9. The van der Waals surface area contributed by atoms with Gasteiger partial charge in [0.2, 0.25) is 5.91 Å². The standard InChI is InChI=1S/C23H25NO6S/c1-13(2)30-23(28)19-18(14-8-10-15(29-3)11-9-14)12-31-21(19)24-20(25)16-6-4-5-7-17(16)22(26)27/h4-5,8-13,16-17H,6-7H2,1-3H3,(H,24,25)(H,26,27)/t16-,17+/m1/s1. The molecule has 1 aliphatic rings. The highest BCUT2D eigenvalue weighted by Crippen LogP contribution is 2.38. The van der Waals surface area contributed by atoms with Crippen LogP contribution >= 0.6 is 11.3 Å². The van der Waals surface area contributed by atoms with E-state index in [4.69, 9.17) is 9.47 Å². The number of carboxylic acids is 1. The minimum absolute atomic E-state index is 0.260. The van der Waals surface area contributed by atoms with Crippen molar-refractivity contribution in [2.75, 3.05) is 12.4 Å². The molecular weight excluding hydrogens is 418 g/mol. The minimum Gasteiger partial charge on any atom is -0.497 e. The Morgan fingerprint density at radius 1 is 1.10 bits per heavy atom. The Morgan fingerprint density at radius 2 is 1.74 bits per heavy atom. The van der Waals surface area contributed by atoms with E-state index in [2.05, 4.69) is 5.32 Å². The van der Waals surface area contributed by atoms with Crippen LogP contribution in [0.3, 0.4) is 0 Å². The zero-order valence-corrected chi connectivity index (χ0v) is 18.4. The summed E-state index contributed by atoms with van der Waals surface area (Å²) in [5, 5.41) is 14.4. The van der Waals surface area contributed by atoms with Gasteiger partial charge in [-0.2, -0.15) is 0 Å². The Bertz CT molecular complexity index is 992. The van der Waals surface area contributed by atoms with Crippen molar-refractivity contribution in [3.8, 4) is 16.9 Å². The number of benzene rings is 1. The summed E-state index contributed by atoms with van der Waals surface area (Å²) < 4.78 is 10.6. The molecule has 31 heavy (non-hydrogen) atoms. The zero-order valence-electron chi connectivity index (χ0n) is 17.6. The molecule has 1 aromatic heterocycles. The molecule has 0 unspecified atom stereocenters. The number of aliphatic carboxylic acids is 1. The Kier molecular flexibility index (Phi) is 7.12. The molecular formula is C23H25NO6S. The third-order valence-electron chi connectivity index (χ3n) is 5.06. The molecule has 1 aromatic carbocycles. The van der Waals surface area contributed by atoms with Gasteiger partial charge in [0, 0.05) is 10.9 Å². The summed E-state index contributed by atoms with van der Waals surface area (Å²) >= 11 is 1.21. The van der Waals surface area contributed by atoms with Crippen molar-refractivity contribution >= 4 is 34.2 Å². The number of carbonyl (C=O) groups is 3. The number of carbonyl (C=O) groups excluding carboxylic acids is 2. The van der Waals surface area contributed by atoms with Gasteiger partial charge in [0.25, 0.3) is 0 Å². The number of carboxylic acid groups (broad SMARTS) is 1. The first-order valence-corrected chi connectivity index (χ1v) is 10.8. The number of ether oxygens (including phenoxy) is 2. The number of nitrogens with one attached hydrogen (secondary N) is 1. The second-order valence-corrected chi connectivity index (χ2v) is 8.40. The van der Waals surface area contributed by atoms with Crippen molar-refractivity contribution in [3.05, 3.63) is 47.4 Å². The Balaban J connectivity index is 1.94. The lowest BCUT2D eigenvalue weighted by molar-refractivity contribution is -0.146. The number of hydrogen-bond acceptors (Lipinski definition) is 6. The third kappa shape index (κ3) is 5.14. The number of rotatable bonds is 7. The van der Waals surface area contributed by atoms with Gasteiger partial charge in [0.15, 0.2) is 0 Å². The van der Waals surface area contributed by atoms with Crippen LogP contribution in [0.5, 0.6) is 5.75 Å². The molecule has 0 aliphatic heterocycles. The van der Waals surface area contributed by atoms with Gasteiger partial charge < -0.3 is 19.9 Å². The number of methoxy groups -OCH3 is 1. The van der Waals surface area contributed by atoms with Gasteiger partial charge in [-0.3, -0.25) is 9.59 Å². The van der Waals surface area contributed by atoms with Crippen LogP contribution in [0.1, 0.15) is 37.0 Å². The van der Waals surface area contributed by atoms with Gasteiger partial charge in [-0.25, -0.2) is 4.79 Å². The van der Waals surface area contributed by atoms with Crippen LogP contribution in [0, 0.1) is 11.8 Å². The molecule has 1 heterocycles. The van der Waals surface area contributed by atoms with Crippen molar-refractivity contribution < 1.29 is 29.0 Å². The quantitative estimate of drug-likeness (QED) is 0.479. The fraction of sp³-hybridized carbons (Fsp3) is 0.348. The van der Waals surface area contributed by atoms with E-state index in [1.165, 1.54) is 11.3 Å². The summed E-state index contributed by atoms with van der Waals surface area (Å²) in [4.78, 5) is 37.4. The maximum Gasteiger partial charge on any atom is 0.342 e. The van der Waals surface area contributed by atoms with Crippen LogP contribution in [0.15, 0.2) is 41.8 Å². The topological polar surface area (TPSA) is 102 Å². The fourth-order valence-electron chi connectivity index (χ4n) is 3.49. The predicted molar refractivity (Wildman–Crippen MR) is 118 cm³/mol. The van der Waals surface area contributed by atoms with Crippen LogP contribution in [0.4, 0.5) is 5.00 Å². The highest BCUT2D eigenvalue weighted by molar-refractivity contribution is 7.15. The summed E-state index contributed by atoms with van der Waals surface area (Å²) in [5.41, 5.74) is 1.67. The molecule has 7 nitrogen and oxygen atoms in total. The monoisotopic (exact) mass is 443 g/mol. The number of thiophene rings is 1. The molecule has 2 N–H and O–H groups in total. The third-order valence-corrected chi connectivity index (χ3v) is 5.96. The van der Waals surface area contributed by atoms with Crippen molar-refractivity contribution in [2.45, 2.75) is 32.8 Å². The smallest absolute Gasteiger partial charge is 0.342 e. The molecule has 0 fully saturated rings. The van der Waals surface area contributed by atoms with Crippen molar-refractivity contribution in [1.29, 1.82) is 0 Å². The average Bonchev–Trinajstić information content (AvgIpc) is 3.16. The van der Waals surface area contributed by atoms with Gasteiger partial charge >= 0.3 is 11.9 Å². The number of allylic oxidation sites excluding steroid dienone is 2.